The number of likely N-dealkylation sites (N-methyl/N-ethyl adjacent to an activating group) is 1. The van der Waals surface area contributed by atoms with Crippen molar-refractivity contribution in [1.82, 2.24) is 35.5 Å². The number of β-amino-alcohol motifs (C(OH)–C–C–N with tert-alkyl or cyclic N) is 1. The normalized spacial score (nSPS) is 27.3. The van der Waals surface area contributed by atoms with Gasteiger partial charge >= 0.3 is 0 Å². The second-order valence-corrected chi connectivity index (χ2v) is 6.97. The van der Waals surface area contributed by atoms with Gasteiger partial charge in [-0.1, -0.05) is 0 Å². The number of likely N-dealkylation sites (tertiary alicyclic amines) is 1. The van der Waals surface area contributed by atoms with E-state index in [0.29, 0.717) is 31.0 Å². The molecule has 25 heavy (non-hydrogen) atoms. The molecule has 2 atom stereocenters. The van der Waals surface area contributed by atoms with E-state index < -0.39 is 5.60 Å². The summed E-state index contributed by atoms with van der Waals surface area (Å²) >= 11 is 0. The van der Waals surface area contributed by atoms with Gasteiger partial charge in [0.2, 0.25) is 5.91 Å². The number of hydrogen-bond acceptors (Lipinski definition) is 8. The number of tetrazole rings is 1. The Hall–Kier alpha value is -2.33. The maximum absolute atomic E-state index is 12.3. The topological polar surface area (TPSA) is 112 Å². The van der Waals surface area contributed by atoms with Crippen LogP contribution < -0.4 is 10.2 Å². The maximum atomic E-state index is 12.3. The molecule has 10 heteroatoms. The van der Waals surface area contributed by atoms with E-state index in [0.717, 1.165) is 19.4 Å². The van der Waals surface area contributed by atoms with Gasteiger partial charge in [0.25, 0.3) is 0 Å². The summed E-state index contributed by atoms with van der Waals surface area (Å²) in [5.74, 6) is 0.706. The van der Waals surface area contributed by atoms with Crippen molar-refractivity contribution in [2.45, 2.75) is 30.9 Å². The highest BCUT2D eigenvalue weighted by Crippen LogP contribution is 2.25. The zero-order valence-corrected chi connectivity index (χ0v) is 14.2. The summed E-state index contributed by atoms with van der Waals surface area (Å²) in [6.45, 7) is 2.27. The van der Waals surface area contributed by atoms with E-state index in [2.05, 4.69) is 30.8 Å². The molecule has 2 fully saturated rings. The number of nitrogens with zero attached hydrogens (tertiary/aromatic N) is 7. The molecule has 0 aliphatic carbocycles. The lowest BCUT2D eigenvalue weighted by molar-refractivity contribution is -0.126. The average molecular weight is 346 g/mol. The molecule has 4 heterocycles. The van der Waals surface area contributed by atoms with Crippen LogP contribution in [0.4, 0.5) is 5.82 Å². The van der Waals surface area contributed by atoms with E-state index in [1.165, 1.54) is 4.63 Å². The van der Waals surface area contributed by atoms with Crippen LogP contribution in [0.3, 0.4) is 0 Å². The highest BCUT2D eigenvalue weighted by atomic mass is 16.3. The highest BCUT2D eigenvalue weighted by molar-refractivity contribution is 5.82. The van der Waals surface area contributed by atoms with Gasteiger partial charge in [0.05, 0.1) is 6.04 Å². The maximum Gasteiger partial charge on any atom is 0.237 e. The van der Waals surface area contributed by atoms with Crippen molar-refractivity contribution in [3.63, 3.8) is 0 Å². The van der Waals surface area contributed by atoms with Gasteiger partial charge in [0.15, 0.2) is 11.5 Å². The lowest BCUT2D eigenvalue weighted by atomic mass is 10.0. The van der Waals surface area contributed by atoms with E-state index in [1.54, 1.807) is 6.07 Å². The molecule has 0 aromatic carbocycles. The van der Waals surface area contributed by atoms with E-state index in [1.807, 2.05) is 18.0 Å². The van der Waals surface area contributed by atoms with Crippen LogP contribution in [-0.2, 0) is 4.79 Å². The molecule has 10 nitrogen and oxygen atoms in total. The van der Waals surface area contributed by atoms with Crippen LogP contribution in [0, 0.1) is 0 Å². The first-order valence-electron chi connectivity index (χ1n) is 8.55. The number of carbonyl (C=O) groups excluding carboxylic acids is 1. The quantitative estimate of drug-likeness (QED) is 0.700. The number of rotatable bonds is 4. The zero-order valence-electron chi connectivity index (χ0n) is 14.2. The van der Waals surface area contributed by atoms with E-state index >= 15 is 0 Å². The number of hydrogen-bond donors (Lipinski definition) is 2. The Morgan fingerprint density at radius 3 is 3.12 bits per heavy atom. The summed E-state index contributed by atoms with van der Waals surface area (Å²) in [4.78, 5) is 16.3. The van der Waals surface area contributed by atoms with Gasteiger partial charge in [-0.25, -0.2) is 0 Å². The Kier molecular flexibility index (Phi) is 4.00. The monoisotopic (exact) mass is 346 g/mol. The summed E-state index contributed by atoms with van der Waals surface area (Å²) in [7, 11) is 1.96. The predicted molar refractivity (Wildman–Crippen MR) is 89.0 cm³/mol. The number of aliphatic hydroxyl groups is 1. The van der Waals surface area contributed by atoms with Crippen molar-refractivity contribution >= 4 is 17.4 Å². The van der Waals surface area contributed by atoms with Crippen LogP contribution in [0.1, 0.15) is 19.3 Å². The first kappa shape index (κ1) is 16.2. The summed E-state index contributed by atoms with van der Waals surface area (Å²) < 4.78 is 1.37. The minimum atomic E-state index is -0.954. The minimum Gasteiger partial charge on any atom is -0.386 e. The number of aromatic nitrogens is 5. The van der Waals surface area contributed by atoms with Gasteiger partial charge in [0.1, 0.15) is 5.60 Å². The minimum absolute atomic E-state index is 0.000101. The van der Waals surface area contributed by atoms with Gasteiger partial charge in [0, 0.05) is 19.6 Å². The molecule has 2 aliphatic rings. The van der Waals surface area contributed by atoms with Crippen molar-refractivity contribution in [2.24, 2.45) is 0 Å². The van der Waals surface area contributed by atoms with Crippen LogP contribution >= 0.6 is 0 Å². The number of fused-ring (bicyclic) bond motifs is 1. The molecule has 2 N–H and O–H groups in total. The Morgan fingerprint density at radius 2 is 2.32 bits per heavy atom. The average Bonchev–Trinajstić information content (AvgIpc) is 3.32. The van der Waals surface area contributed by atoms with Crippen LogP contribution in [0.2, 0.25) is 0 Å². The largest absolute Gasteiger partial charge is 0.386 e. The fourth-order valence-electron chi connectivity index (χ4n) is 3.62. The summed E-state index contributed by atoms with van der Waals surface area (Å²) in [5.41, 5.74) is -0.379. The standard InChI is InChI=1S/C15H22N8O2/c1-21-7-2-3-11(21)14(24)16-9-15(25)6-8-22(10-15)13-5-4-12-17-19-20-23(12)18-13/h4-5,11,25H,2-3,6-10H2,1H3,(H,16,24)/t11-,15?/m1/s1. The first-order chi connectivity index (χ1) is 12.0. The van der Waals surface area contributed by atoms with Gasteiger partial charge in [-0.15, -0.1) is 14.8 Å². The first-order valence-corrected chi connectivity index (χ1v) is 8.55. The molecule has 1 unspecified atom stereocenters. The van der Waals surface area contributed by atoms with E-state index in [4.69, 9.17) is 0 Å². The SMILES string of the molecule is CN1CCC[C@@H]1C(=O)NCC1(O)CCN(c2ccc3nnnn3n2)C1. The smallest absolute Gasteiger partial charge is 0.237 e. The summed E-state index contributed by atoms with van der Waals surface area (Å²) in [5, 5.41) is 29.3. The summed E-state index contributed by atoms with van der Waals surface area (Å²) in [6.07, 6.45) is 2.49. The van der Waals surface area contributed by atoms with Gasteiger partial charge < -0.3 is 15.3 Å². The van der Waals surface area contributed by atoms with E-state index in [-0.39, 0.29) is 18.5 Å². The van der Waals surface area contributed by atoms with Crippen LogP contribution in [0.15, 0.2) is 12.1 Å². The molecule has 0 radical (unpaired) electrons. The fourth-order valence-corrected chi connectivity index (χ4v) is 3.62. The van der Waals surface area contributed by atoms with Crippen molar-refractivity contribution < 1.29 is 9.90 Å². The van der Waals surface area contributed by atoms with Crippen molar-refractivity contribution in [2.75, 3.05) is 38.1 Å². The molecule has 2 aromatic heterocycles. The molecule has 0 bridgehead atoms. The molecule has 4 rings (SSSR count). The predicted octanol–water partition coefficient (Wildman–Crippen LogP) is -1.33. The lowest BCUT2D eigenvalue weighted by Crippen LogP contribution is -2.49. The van der Waals surface area contributed by atoms with Gasteiger partial charge in [-0.05, 0) is 55.4 Å². The Balaban J connectivity index is 1.37. The Labute approximate surface area is 144 Å². The third kappa shape index (κ3) is 3.14. The Morgan fingerprint density at radius 1 is 1.44 bits per heavy atom. The van der Waals surface area contributed by atoms with Crippen LogP contribution in [-0.4, -0.2) is 86.0 Å². The molecular weight excluding hydrogens is 324 g/mol. The molecule has 0 spiro atoms. The van der Waals surface area contributed by atoms with Gasteiger partial charge in [-0.2, -0.15) is 0 Å². The molecular formula is C15H22N8O2. The zero-order chi connectivity index (χ0) is 17.4. The Bertz CT molecular complexity index is 780. The van der Waals surface area contributed by atoms with Crippen LogP contribution in [0.25, 0.3) is 5.65 Å². The van der Waals surface area contributed by atoms with Crippen LogP contribution in [0.5, 0.6) is 0 Å². The number of nitrogens with one attached hydrogen (secondary N) is 1. The number of carbonyl (C=O) groups is 1. The summed E-state index contributed by atoms with van der Waals surface area (Å²) in [6, 6.07) is 3.55. The molecule has 0 saturated carbocycles. The number of anilines is 1. The molecule has 2 saturated heterocycles. The van der Waals surface area contributed by atoms with Crippen molar-refractivity contribution in [3.05, 3.63) is 12.1 Å². The van der Waals surface area contributed by atoms with Crippen molar-refractivity contribution in [3.8, 4) is 0 Å². The second-order valence-electron chi connectivity index (χ2n) is 6.97. The third-order valence-corrected chi connectivity index (χ3v) is 5.13. The van der Waals surface area contributed by atoms with Crippen molar-refractivity contribution in [1.29, 1.82) is 0 Å². The molecule has 2 aromatic rings. The highest BCUT2D eigenvalue weighted by Gasteiger charge is 2.38. The number of amides is 1. The van der Waals surface area contributed by atoms with Gasteiger partial charge in [-0.3, -0.25) is 9.69 Å². The lowest BCUT2D eigenvalue weighted by Gasteiger charge is -2.26. The fraction of sp³-hybridized carbons (Fsp3) is 0.667. The molecule has 1 amide bonds. The van der Waals surface area contributed by atoms with E-state index in [9.17, 15) is 9.90 Å². The third-order valence-electron chi connectivity index (χ3n) is 5.13. The molecule has 2 aliphatic heterocycles. The second kappa shape index (κ2) is 6.19. The molecule has 134 valence electrons.